The molecule has 0 aliphatic rings. The van der Waals surface area contributed by atoms with Gasteiger partial charge in [-0.25, -0.2) is 0 Å². The standard InChI is InChI=1S/C13H16N4O/c1-17(2)11(18)8-10-12(15-16-13(10)14)9-6-4-3-5-7-9/h3-7H,8H2,1-2H3,(H3,14,15,16). The Hall–Kier alpha value is -2.30. The van der Waals surface area contributed by atoms with Gasteiger partial charge in [0.15, 0.2) is 0 Å². The number of nitrogens with one attached hydrogen (secondary N) is 1. The van der Waals surface area contributed by atoms with Crippen molar-refractivity contribution in [2.24, 2.45) is 0 Å². The molecular weight excluding hydrogens is 228 g/mol. The van der Waals surface area contributed by atoms with E-state index >= 15 is 0 Å². The quantitative estimate of drug-likeness (QED) is 0.854. The highest BCUT2D eigenvalue weighted by molar-refractivity contribution is 5.83. The minimum atomic E-state index is 0.000260. The van der Waals surface area contributed by atoms with Crippen molar-refractivity contribution in [2.45, 2.75) is 6.42 Å². The Labute approximate surface area is 106 Å². The van der Waals surface area contributed by atoms with E-state index in [1.54, 1.807) is 19.0 Å². The Balaban J connectivity index is 2.36. The van der Waals surface area contributed by atoms with Crippen LogP contribution in [-0.4, -0.2) is 35.1 Å². The van der Waals surface area contributed by atoms with Crippen LogP contribution in [0.1, 0.15) is 5.56 Å². The lowest BCUT2D eigenvalue weighted by Crippen LogP contribution is -2.23. The number of nitrogens with zero attached hydrogens (tertiary/aromatic N) is 2. The van der Waals surface area contributed by atoms with E-state index in [1.807, 2.05) is 30.3 Å². The fourth-order valence-corrected chi connectivity index (χ4v) is 1.71. The zero-order valence-corrected chi connectivity index (χ0v) is 10.5. The molecule has 18 heavy (non-hydrogen) atoms. The number of H-pyrrole nitrogens is 1. The summed E-state index contributed by atoms with van der Waals surface area (Å²) in [5.41, 5.74) is 8.35. The number of hydrogen-bond acceptors (Lipinski definition) is 3. The van der Waals surface area contributed by atoms with Gasteiger partial charge in [0.25, 0.3) is 0 Å². The van der Waals surface area contributed by atoms with Crippen LogP contribution >= 0.6 is 0 Å². The first-order valence-corrected chi connectivity index (χ1v) is 5.68. The van der Waals surface area contributed by atoms with Gasteiger partial charge in [-0.1, -0.05) is 30.3 Å². The first-order chi connectivity index (χ1) is 8.59. The number of hydrogen-bond donors (Lipinski definition) is 2. The zero-order chi connectivity index (χ0) is 13.1. The van der Waals surface area contributed by atoms with Crippen LogP contribution in [0.3, 0.4) is 0 Å². The van der Waals surface area contributed by atoms with Gasteiger partial charge in [-0.3, -0.25) is 9.89 Å². The third-order valence-corrected chi connectivity index (χ3v) is 2.79. The maximum atomic E-state index is 11.8. The van der Waals surface area contributed by atoms with Gasteiger partial charge in [-0.2, -0.15) is 5.10 Å². The van der Waals surface area contributed by atoms with E-state index in [0.29, 0.717) is 5.82 Å². The van der Waals surface area contributed by atoms with Crippen LogP contribution < -0.4 is 5.73 Å². The number of aromatic nitrogens is 2. The molecule has 5 nitrogen and oxygen atoms in total. The predicted octanol–water partition coefficient (Wildman–Crippen LogP) is 1.29. The number of carbonyl (C=O) groups excluding carboxylic acids is 1. The van der Waals surface area contributed by atoms with Gasteiger partial charge in [0, 0.05) is 19.7 Å². The fourth-order valence-electron chi connectivity index (χ4n) is 1.71. The maximum Gasteiger partial charge on any atom is 0.226 e. The highest BCUT2D eigenvalue weighted by Gasteiger charge is 2.16. The van der Waals surface area contributed by atoms with Crippen molar-refractivity contribution in [3.05, 3.63) is 35.9 Å². The first-order valence-electron chi connectivity index (χ1n) is 5.68. The second kappa shape index (κ2) is 4.91. The molecule has 1 aromatic carbocycles. The maximum absolute atomic E-state index is 11.8. The molecule has 0 aliphatic carbocycles. The minimum Gasteiger partial charge on any atom is -0.382 e. The second-order valence-electron chi connectivity index (χ2n) is 4.29. The molecule has 0 saturated carbocycles. The fraction of sp³-hybridized carbons (Fsp3) is 0.231. The van der Waals surface area contributed by atoms with Crippen LogP contribution in [0.5, 0.6) is 0 Å². The normalized spacial score (nSPS) is 10.3. The highest BCUT2D eigenvalue weighted by Crippen LogP contribution is 2.25. The molecule has 1 heterocycles. The Morgan fingerprint density at radius 3 is 2.61 bits per heavy atom. The molecule has 3 N–H and O–H groups in total. The summed E-state index contributed by atoms with van der Waals surface area (Å²) < 4.78 is 0. The first kappa shape index (κ1) is 12.2. The molecule has 0 atom stereocenters. The van der Waals surface area contributed by atoms with Gasteiger partial charge < -0.3 is 10.6 Å². The molecule has 0 aliphatic heterocycles. The number of nitrogens with two attached hydrogens (primary N) is 1. The molecule has 5 heteroatoms. The van der Waals surface area contributed by atoms with Gasteiger partial charge in [0.1, 0.15) is 5.82 Å². The Morgan fingerprint density at radius 1 is 1.33 bits per heavy atom. The number of benzene rings is 1. The average molecular weight is 244 g/mol. The molecule has 2 aromatic rings. The summed E-state index contributed by atoms with van der Waals surface area (Å²) in [6.45, 7) is 0. The van der Waals surface area contributed by atoms with Crippen LogP contribution in [0.4, 0.5) is 5.82 Å². The largest absolute Gasteiger partial charge is 0.382 e. The number of likely N-dealkylation sites (N-methyl/N-ethyl adjacent to an activating group) is 1. The summed E-state index contributed by atoms with van der Waals surface area (Å²) in [5.74, 6) is 0.379. The minimum absolute atomic E-state index is 0.000260. The lowest BCUT2D eigenvalue weighted by Gasteiger charge is -2.10. The van der Waals surface area contributed by atoms with Gasteiger partial charge in [0.05, 0.1) is 12.1 Å². The number of rotatable bonds is 3. The molecule has 0 unspecified atom stereocenters. The van der Waals surface area contributed by atoms with Gasteiger partial charge in [0.2, 0.25) is 5.91 Å². The second-order valence-corrected chi connectivity index (χ2v) is 4.29. The summed E-state index contributed by atoms with van der Waals surface area (Å²) >= 11 is 0. The molecule has 2 rings (SSSR count). The number of anilines is 1. The van der Waals surface area contributed by atoms with Crippen molar-refractivity contribution in [1.82, 2.24) is 15.1 Å². The average Bonchev–Trinajstić information content (AvgIpc) is 2.72. The van der Waals surface area contributed by atoms with Gasteiger partial charge in [-0.15, -0.1) is 0 Å². The molecule has 0 spiro atoms. The molecule has 0 bridgehead atoms. The smallest absolute Gasteiger partial charge is 0.226 e. The molecule has 0 fully saturated rings. The van der Waals surface area contributed by atoms with Crippen molar-refractivity contribution in [2.75, 3.05) is 19.8 Å². The molecule has 0 saturated heterocycles. The Morgan fingerprint density at radius 2 is 2.00 bits per heavy atom. The summed E-state index contributed by atoms with van der Waals surface area (Å²) in [6, 6.07) is 9.72. The van der Waals surface area contributed by atoms with Crippen molar-refractivity contribution >= 4 is 11.7 Å². The highest BCUT2D eigenvalue weighted by atomic mass is 16.2. The SMILES string of the molecule is CN(C)C(=O)Cc1c(N)n[nH]c1-c1ccccc1. The van der Waals surface area contributed by atoms with E-state index in [2.05, 4.69) is 10.2 Å². The van der Waals surface area contributed by atoms with Crippen LogP contribution in [0, 0.1) is 0 Å². The summed E-state index contributed by atoms with van der Waals surface area (Å²) in [5, 5.41) is 6.88. The van der Waals surface area contributed by atoms with E-state index in [9.17, 15) is 4.79 Å². The Kier molecular flexibility index (Phi) is 3.32. The third-order valence-electron chi connectivity index (χ3n) is 2.79. The van der Waals surface area contributed by atoms with E-state index in [-0.39, 0.29) is 12.3 Å². The van der Waals surface area contributed by atoms with Crippen molar-refractivity contribution < 1.29 is 4.79 Å². The third kappa shape index (κ3) is 2.34. The summed E-state index contributed by atoms with van der Waals surface area (Å²) in [7, 11) is 3.45. The van der Waals surface area contributed by atoms with Crippen LogP contribution in [0.15, 0.2) is 30.3 Å². The van der Waals surface area contributed by atoms with E-state index in [1.165, 1.54) is 0 Å². The van der Waals surface area contributed by atoms with E-state index in [0.717, 1.165) is 16.8 Å². The molecule has 1 aromatic heterocycles. The number of nitrogen functional groups attached to an aromatic ring is 1. The predicted molar refractivity (Wildman–Crippen MR) is 70.8 cm³/mol. The lowest BCUT2D eigenvalue weighted by molar-refractivity contribution is -0.127. The molecular formula is C13H16N4O. The van der Waals surface area contributed by atoms with Gasteiger partial charge >= 0.3 is 0 Å². The van der Waals surface area contributed by atoms with E-state index in [4.69, 9.17) is 5.73 Å². The lowest BCUT2D eigenvalue weighted by atomic mass is 10.0. The number of aromatic amines is 1. The van der Waals surface area contributed by atoms with Crippen LogP contribution in [-0.2, 0) is 11.2 Å². The van der Waals surface area contributed by atoms with Crippen LogP contribution in [0.25, 0.3) is 11.3 Å². The number of carbonyl (C=O) groups is 1. The zero-order valence-electron chi connectivity index (χ0n) is 10.5. The Bertz CT molecular complexity index is 545. The monoisotopic (exact) mass is 244 g/mol. The van der Waals surface area contributed by atoms with Crippen molar-refractivity contribution in [3.8, 4) is 11.3 Å². The van der Waals surface area contributed by atoms with Crippen molar-refractivity contribution in [1.29, 1.82) is 0 Å². The summed E-state index contributed by atoms with van der Waals surface area (Å²) in [6.07, 6.45) is 0.250. The molecule has 94 valence electrons. The molecule has 1 amide bonds. The molecule has 0 radical (unpaired) electrons. The van der Waals surface area contributed by atoms with Crippen LogP contribution in [0.2, 0.25) is 0 Å². The van der Waals surface area contributed by atoms with Gasteiger partial charge in [-0.05, 0) is 5.56 Å². The number of amides is 1. The van der Waals surface area contributed by atoms with E-state index < -0.39 is 0 Å². The summed E-state index contributed by atoms with van der Waals surface area (Å²) in [4.78, 5) is 13.3. The topological polar surface area (TPSA) is 75.0 Å². The van der Waals surface area contributed by atoms with Crippen molar-refractivity contribution in [3.63, 3.8) is 0 Å².